The molecule has 4 heterocycles. The maximum atomic E-state index is 12.9. The summed E-state index contributed by atoms with van der Waals surface area (Å²) in [5.74, 6) is -0.756. The Bertz CT molecular complexity index is 1030. The fraction of sp³-hybridized carbons (Fsp3) is 0.435. The molecule has 1 aromatic carbocycles. The van der Waals surface area contributed by atoms with Crippen molar-refractivity contribution < 1.29 is 19.1 Å². The topological polar surface area (TPSA) is 91.0 Å². The van der Waals surface area contributed by atoms with Crippen LogP contribution in [0.2, 0.25) is 0 Å². The molecule has 32 heavy (non-hydrogen) atoms. The molecule has 5 rings (SSSR count). The first-order chi connectivity index (χ1) is 15.6. The number of hydrogen-bond acceptors (Lipinski definition) is 7. The van der Waals surface area contributed by atoms with E-state index in [0.29, 0.717) is 24.4 Å². The van der Waals surface area contributed by atoms with E-state index in [4.69, 9.17) is 4.74 Å². The van der Waals surface area contributed by atoms with E-state index in [1.165, 1.54) is 16.9 Å². The van der Waals surface area contributed by atoms with Crippen molar-refractivity contribution in [1.82, 2.24) is 15.1 Å². The molecule has 2 N–H and O–H groups in total. The van der Waals surface area contributed by atoms with Gasteiger partial charge in [0.2, 0.25) is 11.8 Å². The minimum Gasteiger partial charge on any atom is -0.381 e. The second-order valence-electron chi connectivity index (χ2n) is 8.41. The average Bonchev–Trinajstić information content (AvgIpc) is 3.34. The molecule has 8 nitrogen and oxygen atoms in total. The van der Waals surface area contributed by atoms with E-state index < -0.39 is 6.04 Å². The SMILES string of the molecule is O=C1CC[C@H](N2Cc3c(CNc4ccc(CN5CCOCC5)cc4)csc3C2=O)C(=O)N1. The smallest absolute Gasteiger partial charge is 0.265 e. The first-order valence-electron chi connectivity index (χ1n) is 11.0. The number of nitrogens with one attached hydrogen (secondary N) is 2. The Labute approximate surface area is 190 Å². The maximum Gasteiger partial charge on any atom is 0.265 e. The largest absolute Gasteiger partial charge is 0.381 e. The molecule has 0 saturated carbocycles. The molecule has 2 aromatic rings. The van der Waals surface area contributed by atoms with Crippen LogP contribution in [-0.2, 0) is 34.0 Å². The van der Waals surface area contributed by atoms with Crippen LogP contribution in [0.15, 0.2) is 29.6 Å². The Morgan fingerprint density at radius 1 is 1.12 bits per heavy atom. The Morgan fingerprint density at radius 3 is 2.66 bits per heavy atom. The lowest BCUT2D eigenvalue weighted by Crippen LogP contribution is -2.52. The van der Waals surface area contributed by atoms with Crippen molar-refractivity contribution in [2.75, 3.05) is 31.6 Å². The van der Waals surface area contributed by atoms with Gasteiger partial charge in [-0.15, -0.1) is 11.3 Å². The average molecular weight is 455 g/mol. The predicted octanol–water partition coefficient (Wildman–Crippen LogP) is 1.95. The summed E-state index contributed by atoms with van der Waals surface area (Å²) in [5, 5.41) is 7.82. The normalized spacial score (nSPS) is 21.6. The number of benzene rings is 1. The number of anilines is 1. The van der Waals surface area contributed by atoms with Crippen LogP contribution < -0.4 is 10.6 Å². The van der Waals surface area contributed by atoms with E-state index in [9.17, 15) is 14.4 Å². The summed E-state index contributed by atoms with van der Waals surface area (Å²) in [6.07, 6.45) is 0.652. The number of rotatable bonds is 6. The van der Waals surface area contributed by atoms with Gasteiger partial charge < -0.3 is 15.0 Å². The third kappa shape index (κ3) is 4.28. The van der Waals surface area contributed by atoms with Crippen LogP contribution in [0.5, 0.6) is 0 Å². The summed E-state index contributed by atoms with van der Waals surface area (Å²) >= 11 is 1.43. The summed E-state index contributed by atoms with van der Waals surface area (Å²) in [7, 11) is 0. The van der Waals surface area contributed by atoms with Gasteiger partial charge in [0.1, 0.15) is 6.04 Å². The van der Waals surface area contributed by atoms with Crippen LogP contribution >= 0.6 is 11.3 Å². The van der Waals surface area contributed by atoms with Crippen LogP contribution in [0.25, 0.3) is 0 Å². The summed E-state index contributed by atoms with van der Waals surface area (Å²) in [4.78, 5) is 41.2. The highest BCUT2D eigenvalue weighted by Gasteiger charge is 2.40. The Kier molecular flexibility index (Phi) is 5.95. The van der Waals surface area contributed by atoms with Gasteiger partial charge in [-0.1, -0.05) is 12.1 Å². The third-order valence-corrected chi connectivity index (χ3v) is 7.36. The molecular formula is C23H26N4O4S. The van der Waals surface area contributed by atoms with Gasteiger partial charge in [0.25, 0.3) is 5.91 Å². The molecule has 9 heteroatoms. The fourth-order valence-electron chi connectivity index (χ4n) is 4.47. The second kappa shape index (κ2) is 9.01. The van der Waals surface area contributed by atoms with E-state index >= 15 is 0 Å². The van der Waals surface area contributed by atoms with Gasteiger partial charge >= 0.3 is 0 Å². The summed E-state index contributed by atoms with van der Waals surface area (Å²) in [6, 6.07) is 7.89. The Balaban J connectivity index is 1.19. The number of amides is 3. The number of ether oxygens (including phenoxy) is 1. The molecule has 3 aliphatic rings. The highest BCUT2D eigenvalue weighted by atomic mass is 32.1. The van der Waals surface area contributed by atoms with Crippen molar-refractivity contribution in [1.29, 1.82) is 0 Å². The van der Waals surface area contributed by atoms with Crippen molar-refractivity contribution in [3.63, 3.8) is 0 Å². The summed E-state index contributed by atoms with van der Waals surface area (Å²) in [6.45, 7) is 5.50. The Hall–Kier alpha value is -2.75. The summed E-state index contributed by atoms with van der Waals surface area (Å²) in [5.41, 5.74) is 4.37. The zero-order chi connectivity index (χ0) is 22.1. The number of imide groups is 1. The third-order valence-electron chi connectivity index (χ3n) is 6.30. The van der Waals surface area contributed by atoms with Crippen molar-refractivity contribution in [2.45, 2.75) is 38.5 Å². The molecule has 3 aliphatic heterocycles. The molecule has 168 valence electrons. The zero-order valence-corrected chi connectivity index (χ0v) is 18.6. The van der Waals surface area contributed by atoms with E-state index in [1.807, 2.05) is 5.38 Å². The van der Waals surface area contributed by atoms with Crippen molar-refractivity contribution in [3.8, 4) is 0 Å². The van der Waals surface area contributed by atoms with Gasteiger partial charge in [-0.3, -0.25) is 24.6 Å². The highest BCUT2D eigenvalue weighted by Crippen LogP contribution is 2.34. The minimum absolute atomic E-state index is 0.113. The number of nitrogens with zero attached hydrogens (tertiary/aromatic N) is 2. The van der Waals surface area contributed by atoms with Gasteiger partial charge in [0.15, 0.2) is 0 Å². The van der Waals surface area contributed by atoms with Crippen LogP contribution in [0.3, 0.4) is 0 Å². The van der Waals surface area contributed by atoms with Crippen molar-refractivity contribution in [3.05, 3.63) is 51.2 Å². The molecule has 3 amide bonds. The molecule has 2 fully saturated rings. The maximum absolute atomic E-state index is 12.9. The van der Waals surface area contributed by atoms with E-state index in [2.05, 4.69) is 39.8 Å². The van der Waals surface area contributed by atoms with Gasteiger partial charge in [0, 0.05) is 50.4 Å². The van der Waals surface area contributed by atoms with E-state index in [1.54, 1.807) is 4.90 Å². The number of thiophene rings is 1. The second-order valence-corrected chi connectivity index (χ2v) is 9.29. The van der Waals surface area contributed by atoms with Crippen LogP contribution in [0.4, 0.5) is 5.69 Å². The van der Waals surface area contributed by atoms with Gasteiger partial charge in [-0.25, -0.2) is 0 Å². The number of carbonyl (C=O) groups is 3. The van der Waals surface area contributed by atoms with Crippen LogP contribution in [-0.4, -0.2) is 59.9 Å². The van der Waals surface area contributed by atoms with Crippen molar-refractivity contribution >= 4 is 34.7 Å². The minimum atomic E-state index is -0.570. The van der Waals surface area contributed by atoms with E-state index in [0.717, 1.165) is 49.7 Å². The zero-order valence-electron chi connectivity index (χ0n) is 17.8. The molecule has 1 aromatic heterocycles. The molecule has 0 aliphatic carbocycles. The standard InChI is InChI=1S/C23H26N4O4S/c28-20-6-5-19(22(29)25-20)27-13-18-16(14-32-21(18)23(27)30)11-24-17-3-1-15(2-4-17)12-26-7-9-31-10-8-26/h1-4,14,19,24H,5-13H2,(H,25,28,29)/t19-/m0/s1. The van der Waals surface area contributed by atoms with Gasteiger partial charge in [-0.05, 0) is 35.1 Å². The fourth-order valence-corrected chi connectivity index (χ4v) is 5.51. The van der Waals surface area contributed by atoms with Crippen LogP contribution in [0.1, 0.15) is 39.2 Å². The lowest BCUT2D eigenvalue weighted by Gasteiger charge is -2.29. The molecule has 0 unspecified atom stereocenters. The number of fused-ring (bicyclic) bond motifs is 1. The lowest BCUT2D eigenvalue weighted by molar-refractivity contribution is -0.136. The van der Waals surface area contributed by atoms with Gasteiger partial charge in [-0.2, -0.15) is 0 Å². The quantitative estimate of drug-likeness (QED) is 0.649. The highest BCUT2D eigenvalue weighted by molar-refractivity contribution is 7.12. The Morgan fingerprint density at radius 2 is 1.91 bits per heavy atom. The molecule has 1 atom stereocenters. The number of carbonyl (C=O) groups excluding carboxylic acids is 3. The molecular weight excluding hydrogens is 428 g/mol. The first-order valence-corrected chi connectivity index (χ1v) is 11.8. The lowest BCUT2D eigenvalue weighted by atomic mass is 10.0. The molecule has 0 bridgehead atoms. The van der Waals surface area contributed by atoms with E-state index in [-0.39, 0.29) is 24.1 Å². The number of piperidine rings is 1. The van der Waals surface area contributed by atoms with Crippen molar-refractivity contribution in [2.24, 2.45) is 0 Å². The number of morpholine rings is 1. The predicted molar refractivity (Wildman–Crippen MR) is 120 cm³/mol. The molecule has 2 saturated heterocycles. The summed E-state index contributed by atoms with van der Waals surface area (Å²) < 4.78 is 5.40. The molecule has 0 spiro atoms. The number of hydrogen-bond donors (Lipinski definition) is 2. The van der Waals surface area contributed by atoms with Gasteiger partial charge in [0.05, 0.1) is 18.1 Å². The van der Waals surface area contributed by atoms with Crippen LogP contribution in [0, 0.1) is 0 Å². The first kappa shape index (κ1) is 21.1. The monoisotopic (exact) mass is 454 g/mol. The molecule has 0 radical (unpaired) electrons.